The predicted octanol–water partition coefficient (Wildman–Crippen LogP) is 2.60. The van der Waals surface area contributed by atoms with Crippen molar-refractivity contribution in [1.29, 1.82) is 0 Å². The molecule has 0 spiro atoms. The highest BCUT2D eigenvalue weighted by Crippen LogP contribution is 2.52. The number of hydrogen-bond acceptors (Lipinski definition) is 3. The Morgan fingerprint density at radius 3 is 2.59 bits per heavy atom. The molecule has 1 rings (SSSR count). The summed E-state index contributed by atoms with van der Waals surface area (Å²) in [4.78, 5) is 0. The van der Waals surface area contributed by atoms with Gasteiger partial charge in [-0.05, 0) is 51.0 Å². The first kappa shape index (κ1) is 14.9. The van der Waals surface area contributed by atoms with Crippen LogP contribution in [0.25, 0.3) is 0 Å². The van der Waals surface area contributed by atoms with Crippen molar-refractivity contribution in [3.8, 4) is 0 Å². The smallest absolute Gasteiger partial charge is 0.0700 e. The van der Waals surface area contributed by atoms with E-state index in [0.29, 0.717) is 18.1 Å². The Bertz CT molecular complexity index is 193. The predicted molar refractivity (Wildman–Crippen MR) is 71.4 cm³/mol. The normalized spacial score (nSPS) is 19.2. The van der Waals surface area contributed by atoms with Gasteiger partial charge in [0.1, 0.15) is 0 Å². The summed E-state index contributed by atoms with van der Waals surface area (Å²) >= 11 is 0. The zero-order chi connectivity index (χ0) is 12.6. The summed E-state index contributed by atoms with van der Waals surface area (Å²) in [6, 6.07) is 0.668. The van der Waals surface area contributed by atoms with Crippen LogP contribution in [0.2, 0.25) is 0 Å². The second-order valence-electron chi connectivity index (χ2n) is 5.25. The van der Waals surface area contributed by atoms with Crippen molar-refractivity contribution < 1.29 is 9.47 Å². The lowest BCUT2D eigenvalue weighted by molar-refractivity contribution is 0.0659. The van der Waals surface area contributed by atoms with E-state index in [0.717, 1.165) is 19.8 Å². The fourth-order valence-corrected chi connectivity index (χ4v) is 2.41. The van der Waals surface area contributed by atoms with Crippen LogP contribution in [0.4, 0.5) is 0 Å². The Balaban J connectivity index is 2.05. The molecular formula is C14H29NO2. The molecule has 0 aromatic rings. The molecule has 0 bridgehead atoms. The first-order valence-electron chi connectivity index (χ1n) is 7.05. The van der Waals surface area contributed by atoms with Crippen LogP contribution in [0.15, 0.2) is 0 Å². The summed E-state index contributed by atoms with van der Waals surface area (Å²) in [5.74, 6) is 0. The van der Waals surface area contributed by atoms with E-state index in [9.17, 15) is 0 Å². The van der Waals surface area contributed by atoms with Crippen LogP contribution < -0.4 is 5.32 Å². The molecule has 0 aromatic heterocycles. The lowest BCUT2D eigenvalue weighted by Gasteiger charge is -2.24. The summed E-state index contributed by atoms with van der Waals surface area (Å²) in [7, 11) is 1.71. The molecule has 1 unspecified atom stereocenters. The van der Waals surface area contributed by atoms with Crippen molar-refractivity contribution in [3.63, 3.8) is 0 Å². The highest BCUT2D eigenvalue weighted by atomic mass is 16.5. The fraction of sp³-hybridized carbons (Fsp3) is 1.00. The van der Waals surface area contributed by atoms with Crippen LogP contribution in [0, 0.1) is 5.41 Å². The molecule has 3 nitrogen and oxygen atoms in total. The number of nitrogens with one attached hydrogen (secondary N) is 1. The quantitative estimate of drug-likeness (QED) is 0.566. The third-order valence-corrected chi connectivity index (χ3v) is 3.91. The highest BCUT2D eigenvalue weighted by Gasteiger charge is 2.46. The molecule has 0 aromatic carbocycles. The van der Waals surface area contributed by atoms with Crippen molar-refractivity contribution in [2.75, 3.05) is 33.5 Å². The molecule has 0 saturated heterocycles. The molecule has 1 N–H and O–H groups in total. The lowest BCUT2D eigenvalue weighted by atomic mass is 9.92. The van der Waals surface area contributed by atoms with Gasteiger partial charge in [-0.2, -0.15) is 0 Å². The summed E-state index contributed by atoms with van der Waals surface area (Å²) < 4.78 is 10.5. The molecule has 17 heavy (non-hydrogen) atoms. The van der Waals surface area contributed by atoms with Crippen molar-refractivity contribution in [1.82, 2.24) is 5.32 Å². The molecule has 1 aliphatic rings. The molecule has 0 amide bonds. The number of rotatable bonds is 11. The van der Waals surface area contributed by atoms with E-state index in [1.165, 1.54) is 32.1 Å². The van der Waals surface area contributed by atoms with E-state index in [-0.39, 0.29) is 0 Å². The van der Waals surface area contributed by atoms with Crippen LogP contribution in [0.3, 0.4) is 0 Å². The summed E-state index contributed by atoms with van der Waals surface area (Å²) in [6.45, 7) is 8.03. The van der Waals surface area contributed by atoms with Gasteiger partial charge < -0.3 is 14.8 Å². The molecule has 1 atom stereocenters. The first-order chi connectivity index (χ1) is 8.25. The van der Waals surface area contributed by atoms with Gasteiger partial charge in [0.15, 0.2) is 0 Å². The Hall–Kier alpha value is -0.120. The fourth-order valence-electron chi connectivity index (χ4n) is 2.41. The van der Waals surface area contributed by atoms with Crippen LogP contribution in [-0.4, -0.2) is 39.5 Å². The van der Waals surface area contributed by atoms with E-state index in [2.05, 4.69) is 19.2 Å². The minimum atomic E-state index is 0.583. The Morgan fingerprint density at radius 2 is 2.00 bits per heavy atom. The Kier molecular flexibility index (Phi) is 7.09. The SMILES string of the molecule is CCCNC(C)C1(CCCOCCOC)CC1. The van der Waals surface area contributed by atoms with Gasteiger partial charge in [0.2, 0.25) is 0 Å². The number of hydrogen-bond donors (Lipinski definition) is 1. The van der Waals surface area contributed by atoms with E-state index in [4.69, 9.17) is 9.47 Å². The van der Waals surface area contributed by atoms with Crippen molar-refractivity contribution >= 4 is 0 Å². The van der Waals surface area contributed by atoms with Gasteiger partial charge in [0.05, 0.1) is 13.2 Å². The molecule has 102 valence electrons. The molecule has 0 heterocycles. The maximum absolute atomic E-state index is 5.51. The van der Waals surface area contributed by atoms with Gasteiger partial charge in [-0.25, -0.2) is 0 Å². The molecule has 0 aliphatic heterocycles. The minimum absolute atomic E-state index is 0.583. The monoisotopic (exact) mass is 243 g/mol. The number of methoxy groups -OCH3 is 1. The third kappa shape index (κ3) is 5.36. The largest absolute Gasteiger partial charge is 0.382 e. The van der Waals surface area contributed by atoms with Crippen LogP contribution >= 0.6 is 0 Å². The highest BCUT2D eigenvalue weighted by molar-refractivity contribution is 5.00. The zero-order valence-electron chi connectivity index (χ0n) is 11.8. The lowest BCUT2D eigenvalue weighted by Crippen LogP contribution is -2.35. The summed E-state index contributed by atoms with van der Waals surface area (Å²) in [5.41, 5.74) is 0.583. The number of ether oxygens (including phenoxy) is 2. The van der Waals surface area contributed by atoms with Crippen molar-refractivity contribution in [2.45, 2.75) is 52.0 Å². The van der Waals surface area contributed by atoms with Gasteiger partial charge in [0.25, 0.3) is 0 Å². The molecule has 3 heteroatoms. The second kappa shape index (κ2) is 8.06. The van der Waals surface area contributed by atoms with E-state index >= 15 is 0 Å². The molecule has 1 saturated carbocycles. The van der Waals surface area contributed by atoms with Gasteiger partial charge in [0, 0.05) is 19.8 Å². The Labute approximate surface area is 106 Å². The van der Waals surface area contributed by atoms with E-state index in [1.807, 2.05) is 0 Å². The maximum Gasteiger partial charge on any atom is 0.0700 e. The van der Waals surface area contributed by atoms with Gasteiger partial charge in [-0.3, -0.25) is 0 Å². The van der Waals surface area contributed by atoms with Crippen LogP contribution in [0.5, 0.6) is 0 Å². The first-order valence-corrected chi connectivity index (χ1v) is 7.05. The topological polar surface area (TPSA) is 30.5 Å². The molecule has 0 radical (unpaired) electrons. The average Bonchev–Trinajstić information content (AvgIpc) is 3.12. The average molecular weight is 243 g/mol. The Morgan fingerprint density at radius 1 is 1.24 bits per heavy atom. The summed E-state index contributed by atoms with van der Waals surface area (Å²) in [5, 5.41) is 3.64. The van der Waals surface area contributed by atoms with E-state index < -0.39 is 0 Å². The second-order valence-corrected chi connectivity index (χ2v) is 5.25. The standard InChI is InChI=1S/C14H29NO2/c1-4-9-15-13(2)14(7-8-14)6-5-10-17-12-11-16-3/h13,15H,4-12H2,1-3H3. The van der Waals surface area contributed by atoms with Crippen LogP contribution in [-0.2, 0) is 9.47 Å². The van der Waals surface area contributed by atoms with Crippen molar-refractivity contribution in [3.05, 3.63) is 0 Å². The third-order valence-electron chi connectivity index (χ3n) is 3.91. The summed E-state index contributed by atoms with van der Waals surface area (Å²) in [6.07, 6.45) is 6.49. The van der Waals surface area contributed by atoms with Crippen LogP contribution in [0.1, 0.15) is 46.0 Å². The molecular weight excluding hydrogens is 214 g/mol. The zero-order valence-corrected chi connectivity index (χ0v) is 11.8. The minimum Gasteiger partial charge on any atom is -0.382 e. The molecule has 1 fully saturated rings. The maximum atomic E-state index is 5.51. The van der Waals surface area contributed by atoms with Gasteiger partial charge in [-0.1, -0.05) is 6.92 Å². The molecule has 1 aliphatic carbocycles. The van der Waals surface area contributed by atoms with Crippen molar-refractivity contribution in [2.24, 2.45) is 5.41 Å². The van der Waals surface area contributed by atoms with E-state index in [1.54, 1.807) is 7.11 Å². The van der Waals surface area contributed by atoms with Gasteiger partial charge in [-0.15, -0.1) is 0 Å². The van der Waals surface area contributed by atoms with Gasteiger partial charge >= 0.3 is 0 Å².